The second-order valence-corrected chi connectivity index (χ2v) is 2.97. The maximum Gasteiger partial charge on any atom is 0.185 e. The summed E-state index contributed by atoms with van der Waals surface area (Å²) in [5.41, 5.74) is 11.6. The Bertz CT molecular complexity index is 224. The summed E-state index contributed by atoms with van der Waals surface area (Å²) in [5.74, 6) is 0.167. The molecule has 0 bridgehead atoms. The number of nitrogens with two attached hydrogens (primary N) is 2. The molecular weight excluding hydrogens is 158 g/mol. The molecule has 0 saturated carbocycles. The minimum absolute atomic E-state index is 0.167. The molecule has 1 aromatic rings. The van der Waals surface area contributed by atoms with Crippen molar-refractivity contribution in [1.82, 2.24) is 0 Å². The molecule has 0 saturated heterocycles. The van der Waals surface area contributed by atoms with Crippen LogP contribution in [0.2, 0.25) is 0 Å². The third-order valence-corrected chi connectivity index (χ3v) is 2.01. The summed E-state index contributed by atoms with van der Waals surface area (Å²) in [6, 6.07) is 2.08. The van der Waals surface area contributed by atoms with Crippen LogP contribution in [0.4, 0.5) is 0 Å². The summed E-state index contributed by atoms with van der Waals surface area (Å²) in [4.78, 5) is 3.88. The third kappa shape index (κ3) is 3.04. The van der Waals surface area contributed by atoms with Gasteiger partial charge in [-0.1, -0.05) is 0 Å². The van der Waals surface area contributed by atoms with Crippen molar-refractivity contribution in [3.05, 3.63) is 22.4 Å². The molecule has 0 aliphatic rings. The van der Waals surface area contributed by atoms with Gasteiger partial charge in [0.15, 0.2) is 5.96 Å². The van der Waals surface area contributed by atoms with Crippen molar-refractivity contribution in [2.24, 2.45) is 16.5 Å². The van der Waals surface area contributed by atoms with Gasteiger partial charge in [-0.05, 0) is 28.8 Å². The molecule has 0 amide bonds. The molecule has 60 valence electrons. The fourth-order valence-corrected chi connectivity index (χ4v) is 1.45. The first kappa shape index (κ1) is 8.07. The lowest BCUT2D eigenvalue weighted by Gasteiger charge is -1.92. The van der Waals surface area contributed by atoms with Gasteiger partial charge in [-0.2, -0.15) is 11.3 Å². The highest BCUT2D eigenvalue weighted by Crippen LogP contribution is 2.05. The number of guanidine groups is 1. The standard InChI is InChI=1S/C7H11N3S/c8-7(9)10-3-1-6-2-4-11-5-6/h2,4-5H,1,3H2,(H4,8,9,10). The van der Waals surface area contributed by atoms with Gasteiger partial charge in [0.05, 0.1) is 0 Å². The smallest absolute Gasteiger partial charge is 0.185 e. The van der Waals surface area contributed by atoms with E-state index >= 15 is 0 Å². The molecule has 0 spiro atoms. The monoisotopic (exact) mass is 169 g/mol. The average Bonchev–Trinajstić information content (AvgIpc) is 2.39. The topological polar surface area (TPSA) is 64.4 Å². The predicted molar refractivity (Wildman–Crippen MR) is 48.7 cm³/mol. The second-order valence-electron chi connectivity index (χ2n) is 2.19. The van der Waals surface area contributed by atoms with Crippen molar-refractivity contribution in [3.63, 3.8) is 0 Å². The van der Waals surface area contributed by atoms with Gasteiger partial charge in [-0.15, -0.1) is 0 Å². The van der Waals surface area contributed by atoms with Gasteiger partial charge in [0.25, 0.3) is 0 Å². The van der Waals surface area contributed by atoms with Gasteiger partial charge >= 0.3 is 0 Å². The van der Waals surface area contributed by atoms with E-state index < -0.39 is 0 Å². The summed E-state index contributed by atoms with van der Waals surface area (Å²) in [7, 11) is 0. The molecule has 3 nitrogen and oxygen atoms in total. The molecule has 0 aromatic carbocycles. The van der Waals surface area contributed by atoms with E-state index in [-0.39, 0.29) is 5.96 Å². The number of aliphatic imine (C=N–C) groups is 1. The van der Waals surface area contributed by atoms with E-state index in [1.807, 2.05) is 5.38 Å². The van der Waals surface area contributed by atoms with Gasteiger partial charge in [0.2, 0.25) is 0 Å². The van der Waals surface area contributed by atoms with Crippen molar-refractivity contribution >= 4 is 17.3 Å². The molecule has 4 N–H and O–H groups in total. The third-order valence-electron chi connectivity index (χ3n) is 1.27. The fourth-order valence-electron chi connectivity index (χ4n) is 0.749. The van der Waals surface area contributed by atoms with Crippen LogP contribution in [-0.2, 0) is 6.42 Å². The van der Waals surface area contributed by atoms with E-state index in [4.69, 9.17) is 11.5 Å². The van der Waals surface area contributed by atoms with Crippen molar-refractivity contribution in [1.29, 1.82) is 0 Å². The fraction of sp³-hybridized carbons (Fsp3) is 0.286. The van der Waals surface area contributed by atoms with Crippen molar-refractivity contribution in [2.45, 2.75) is 6.42 Å². The Labute approximate surface area is 69.7 Å². The van der Waals surface area contributed by atoms with Crippen LogP contribution < -0.4 is 11.5 Å². The van der Waals surface area contributed by atoms with Crippen LogP contribution in [-0.4, -0.2) is 12.5 Å². The highest BCUT2D eigenvalue weighted by atomic mass is 32.1. The zero-order valence-corrected chi connectivity index (χ0v) is 6.97. The number of thiophene rings is 1. The van der Waals surface area contributed by atoms with Gasteiger partial charge in [-0.3, -0.25) is 4.99 Å². The molecule has 11 heavy (non-hydrogen) atoms. The zero-order valence-electron chi connectivity index (χ0n) is 6.16. The first-order valence-electron chi connectivity index (χ1n) is 3.35. The largest absolute Gasteiger partial charge is 0.370 e. The molecule has 1 rings (SSSR count). The molecule has 0 aliphatic carbocycles. The molecule has 0 aliphatic heterocycles. The summed E-state index contributed by atoms with van der Waals surface area (Å²) in [6.45, 7) is 0.680. The van der Waals surface area contributed by atoms with Crippen LogP contribution in [0.15, 0.2) is 21.8 Å². The molecule has 4 heteroatoms. The second kappa shape index (κ2) is 3.98. The summed E-state index contributed by atoms with van der Waals surface area (Å²) >= 11 is 1.69. The lowest BCUT2D eigenvalue weighted by molar-refractivity contribution is 0.967. The normalized spacial score (nSPS) is 9.45. The molecule has 0 fully saturated rings. The first-order valence-corrected chi connectivity index (χ1v) is 4.30. The minimum Gasteiger partial charge on any atom is -0.370 e. The predicted octanol–water partition coefficient (Wildman–Crippen LogP) is 0.564. The Morgan fingerprint density at radius 1 is 1.55 bits per heavy atom. The lowest BCUT2D eigenvalue weighted by Crippen LogP contribution is -2.23. The Morgan fingerprint density at radius 2 is 2.36 bits per heavy atom. The average molecular weight is 169 g/mol. The Hall–Kier alpha value is -1.03. The summed E-state index contributed by atoms with van der Waals surface area (Å²) in [5, 5.41) is 4.15. The molecule has 0 radical (unpaired) electrons. The number of hydrogen-bond acceptors (Lipinski definition) is 2. The van der Waals surface area contributed by atoms with E-state index in [1.165, 1.54) is 5.56 Å². The van der Waals surface area contributed by atoms with Gasteiger partial charge in [-0.25, -0.2) is 0 Å². The number of hydrogen-bond donors (Lipinski definition) is 2. The van der Waals surface area contributed by atoms with Crippen LogP contribution in [0.3, 0.4) is 0 Å². The van der Waals surface area contributed by atoms with Crippen LogP contribution >= 0.6 is 11.3 Å². The Balaban J connectivity index is 2.30. The first-order chi connectivity index (χ1) is 5.29. The maximum atomic E-state index is 5.16. The molecule has 0 unspecified atom stereocenters. The Morgan fingerprint density at radius 3 is 2.91 bits per heavy atom. The van der Waals surface area contributed by atoms with Crippen molar-refractivity contribution in [2.75, 3.05) is 6.54 Å². The SMILES string of the molecule is NC(N)=NCCc1ccsc1. The van der Waals surface area contributed by atoms with E-state index in [9.17, 15) is 0 Å². The quantitative estimate of drug-likeness (QED) is 0.513. The van der Waals surface area contributed by atoms with E-state index in [1.54, 1.807) is 11.3 Å². The van der Waals surface area contributed by atoms with E-state index in [0.717, 1.165) is 6.42 Å². The summed E-state index contributed by atoms with van der Waals surface area (Å²) in [6.07, 6.45) is 0.918. The number of rotatable bonds is 3. The van der Waals surface area contributed by atoms with Crippen LogP contribution in [0, 0.1) is 0 Å². The molecule has 0 atom stereocenters. The molecule has 1 aromatic heterocycles. The van der Waals surface area contributed by atoms with Crippen LogP contribution in [0.5, 0.6) is 0 Å². The number of nitrogens with zero attached hydrogens (tertiary/aromatic N) is 1. The highest BCUT2D eigenvalue weighted by Gasteiger charge is 1.90. The Kier molecular flexibility index (Phi) is 2.92. The highest BCUT2D eigenvalue weighted by molar-refractivity contribution is 7.07. The lowest BCUT2D eigenvalue weighted by atomic mass is 10.2. The van der Waals surface area contributed by atoms with E-state index in [2.05, 4.69) is 16.4 Å². The molecular formula is C7H11N3S. The van der Waals surface area contributed by atoms with Gasteiger partial charge < -0.3 is 11.5 Å². The summed E-state index contributed by atoms with van der Waals surface area (Å²) < 4.78 is 0. The minimum atomic E-state index is 0.167. The zero-order chi connectivity index (χ0) is 8.10. The maximum absolute atomic E-state index is 5.16. The van der Waals surface area contributed by atoms with Gasteiger partial charge in [0.1, 0.15) is 0 Å². The van der Waals surface area contributed by atoms with Gasteiger partial charge in [0, 0.05) is 6.54 Å². The van der Waals surface area contributed by atoms with Crippen LogP contribution in [0.25, 0.3) is 0 Å². The van der Waals surface area contributed by atoms with Crippen molar-refractivity contribution < 1.29 is 0 Å². The van der Waals surface area contributed by atoms with E-state index in [0.29, 0.717) is 6.54 Å². The van der Waals surface area contributed by atoms with Crippen molar-refractivity contribution in [3.8, 4) is 0 Å². The molecule has 1 heterocycles. The van der Waals surface area contributed by atoms with Crippen LogP contribution in [0.1, 0.15) is 5.56 Å².